The summed E-state index contributed by atoms with van der Waals surface area (Å²) in [4.78, 5) is 5.21. The number of nitrogens with one attached hydrogen (secondary N) is 1. The standard InChI is InChI=1S/C16H33N3/c1-14(2)19-11-9-18(10-12-19)8-7-17-16-6-4-5-15(3)13-16/h14-17H,4-13H2,1-3H3. The van der Waals surface area contributed by atoms with Crippen molar-refractivity contribution in [3.05, 3.63) is 0 Å². The molecule has 1 aliphatic carbocycles. The maximum Gasteiger partial charge on any atom is 0.0113 e. The van der Waals surface area contributed by atoms with Crippen LogP contribution in [0.5, 0.6) is 0 Å². The van der Waals surface area contributed by atoms with Gasteiger partial charge in [0.05, 0.1) is 0 Å². The second-order valence-corrected chi connectivity index (χ2v) is 6.89. The average Bonchev–Trinajstić information content (AvgIpc) is 2.39. The third-order valence-corrected chi connectivity index (χ3v) is 4.93. The van der Waals surface area contributed by atoms with Crippen LogP contribution in [0.25, 0.3) is 0 Å². The number of rotatable bonds is 5. The predicted octanol–water partition coefficient (Wildman–Crippen LogP) is 2.18. The highest BCUT2D eigenvalue weighted by atomic mass is 15.3. The molecule has 1 aliphatic heterocycles. The van der Waals surface area contributed by atoms with Crippen molar-refractivity contribution in [2.24, 2.45) is 5.92 Å². The Labute approximate surface area is 119 Å². The normalized spacial score (nSPS) is 30.9. The summed E-state index contributed by atoms with van der Waals surface area (Å²) >= 11 is 0. The van der Waals surface area contributed by atoms with E-state index in [2.05, 4.69) is 35.9 Å². The van der Waals surface area contributed by atoms with Crippen LogP contribution in [0, 0.1) is 5.92 Å². The van der Waals surface area contributed by atoms with Crippen molar-refractivity contribution in [2.75, 3.05) is 39.3 Å². The van der Waals surface area contributed by atoms with Gasteiger partial charge in [-0.2, -0.15) is 0 Å². The van der Waals surface area contributed by atoms with Crippen molar-refractivity contribution in [1.82, 2.24) is 15.1 Å². The van der Waals surface area contributed by atoms with Gasteiger partial charge < -0.3 is 5.32 Å². The molecule has 0 radical (unpaired) electrons. The van der Waals surface area contributed by atoms with Crippen molar-refractivity contribution < 1.29 is 0 Å². The van der Waals surface area contributed by atoms with E-state index in [0.717, 1.165) is 12.0 Å². The molecule has 1 heterocycles. The summed E-state index contributed by atoms with van der Waals surface area (Å²) in [5.74, 6) is 0.931. The molecule has 1 saturated heterocycles. The van der Waals surface area contributed by atoms with E-state index in [9.17, 15) is 0 Å². The molecule has 2 rings (SSSR count). The quantitative estimate of drug-likeness (QED) is 0.824. The third kappa shape index (κ3) is 5.05. The molecule has 0 aromatic carbocycles. The molecule has 19 heavy (non-hydrogen) atoms. The lowest BCUT2D eigenvalue weighted by atomic mass is 9.87. The second-order valence-electron chi connectivity index (χ2n) is 6.89. The molecule has 0 bridgehead atoms. The average molecular weight is 267 g/mol. The summed E-state index contributed by atoms with van der Waals surface area (Å²) in [6.45, 7) is 14.4. The molecule has 2 atom stereocenters. The minimum absolute atomic E-state index is 0.712. The lowest BCUT2D eigenvalue weighted by molar-refractivity contribution is 0.108. The Morgan fingerprint density at radius 1 is 1.11 bits per heavy atom. The van der Waals surface area contributed by atoms with Gasteiger partial charge in [-0.15, -0.1) is 0 Å². The van der Waals surface area contributed by atoms with E-state index in [0.29, 0.717) is 6.04 Å². The van der Waals surface area contributed by atoms with Crippen LogP contribution in [0.2, 0.25) is 0 Å². The SMILES string of the molecule is CC1CCCC(NCCN2CCN(C(C)C)CC2)C1. The van der Waals surface area contributed by atoms with Crippen LogP contribution in [0.4, 0.5) is 0 Å². The van der Waals surface area contributed by atoms with Crippen LogP contribution in [-0.2, 0) is 0 Å². The molecule has 2 aliphatic rings. The second kappa shape index (κ2) is 7.61. The van der Waals surface area contributed by atoms with E-state index in [1.165, 1.54) is 65.0 Å². The maximum absolute atomic E-state index is 3.78. The van der Waals surface area contributed by atoms with Gasteiger partial charge in [0.1, 0.15) is 0 Å². The predicted molar refractivity (Wildman–Crippen MR) is 82.6 cm³/mol. The van der Waals surface area contributed by atoms with Gasteiger partial charge in [0.25, 0.3) is 0 Å². The van der Waals surface area contributed by atoms with Crippen LogP contribution in [0.1, 0.15) is 46.5 Å². The third-order valence-electron chi connectivity index (χ3n) is 4.93. The van der Waals surface area contributed by atoms with Gasteiger partial charge in [-0.25, -0.2) is 0 Å². The summed E-state index contributed by atoms with van der Waals surface area (Å²) in [5.41, 5.74) is 0. The largest absolute Gasteiger partial charge is 0.313 e. The smallest absolute Gasteiger partial charge is 0.0113 e. The first kappa shape index (κ1) is 15.3. The molecule has 0 amide bonds. The van der Waals surface area contributed by atoms with Crippen LogP contribution in [-0.4, -0.2) is 61.2 Å². The van der Waals surface area contributed by atoms with E-state index in [4.69, 9.17) is 0 Å². The molecule has 3 heteroatoms. The highest BCUT2D eigenvalue weighted by Gasteiger charge is 2.20. The molecule has 1 saturated carbocycles. The summed E-state index contributed by atoms with van der Waals surface area (Å²) in [5, 5.41) is 3.78. The van der Waals surface area contributed by atoms with Crippen LogP contribution in [0.3, 0.4) is 0 Å². The van der Waals surface area contributed by atoms with Gasteiger partial charge in [-0.05, 0) is 32.6 Å². The first-order valence-corrected chi connectivity index (χ1v) is 8.35. The number of hydrogen-bond acceptors (Lipinski definition) is 3. The van der Waals surface area contributed by atoms with Crippen molar-refractivity contribution in [3.63, 3.8) is 0 Å². The van der Waals surface area contributed by atoms with Crippen molar-refractivity contribution >= 4 is 0 Å². The van der Waals surface area contributed by atoms with Gasteiger partial charge in [0.2, 0.25) is 0 Å². The fraction of sp³-hybridized carbons (Fsp3) is 1.00. The molecular weight excluding hydrogens is 234 g/mol. The Kier molecular flexibility index (Phi) is 6.11. The molecule has 0 spiro atoms. The highest BCUT2D eigenvalue weighted by molar-refractivity contribution is 4.78. The summed E-state index contributed by atoms with van der Waals surface area (Å²) in [6.07, 6.45) is 5.65. The lowest BCUT2D eigenvalue weighted by Crippen LogP contribution is -2.50. The Balaban J connectivity index is 1.56. The summed E-state index contributed by atoms with van der Waals surface area (Å²) < 4.78 is 0. The topological polar surface area (TPSA) is 18.5 Å². The zero-order valence-electron chi connectivity index (χ0n) is 13.2. The zero-order valence-corrected chi connectivity index (χ0v) is 13.2. The molecule has 2 fully saturated rings. The monoisotopic (exact) mass is 267 g/mol. The van der Waals surface area contributed by atoms with Crippen molar-refractivity contribution in [1.29, 1.82) is 0 Å². The minimum atomic E-state index is 0.712. The molecule has 1 N–H and O–H groups in total. The Hall–Kier alpha value is -0.120. The van der Waals surface area contributed by atoms with Crippen molar-refractivity contribution in [3.8, 4) is 0 Å². The van der Waals surface area contributed by atoms with E-state index in [-0.39, 0.29) is 0 Å². The van der Waals surface area contributed by atoms with Crippen LogP contribution in [0.15, 0.2) is 0 Å². The van der Waals surface area contributed by atoms with Crippen molar-refractivity contribution in [2.45, 2.75) is 58.5 Å². The first-order valence-electron chi connectivity index (χ1n) is 8.35. The fourth-order valence-corrected chi connectivity index (χ4v) is 3.55. The van der Waals surface area contributed by atoms with E-state index in [1.54, 1.807) is 0 Å². The Morgan fingerprint density at radius 3 is 2.47 bits per heavy atom. The Bertz CT molecular complexity index is 246. The molecule has 3 nitrogen and oxygen atoms in total. The molecule has 112 valence electrons. The Morgan fingerprint density at radius 2 is 1.84 bits per heavy atom. The van der Waals surface area contributed by atoms with E-state index >= 15 is 0 Å². The van der Waals surface area contributed by atoms with E-state index in [1.807, 2.05) is 0 Å². The van der Waals surface area contributed by atoms with Crippen LogP contribution >= 0.6 is 0 Å². The van der Waals surface area contributed by atoms with Crippen LogP contribution < -0.4 is 5.32 Å². The molecule has 0 aromatic heterocycles. The van der Waals surface area contributed by atoms with Gasteiger partial charge in [-0.3, -0.25) is 9.80 Å². The number of nitrogens with zero attached hydrogens (tertiary/aromatic N) is 2. The van der Waals surface area contributed by atoms with E-state index < -0.39 is 0 Å². The van der Waals surface area contributed by atoms with Gasteiger partial charge in [0, 0.05) is 51.4 Å². The molecule has 2 unspecified atom stereocenters. The van der Waals surface area contributed by atoms with Gasteiger partial charge in [0.15, 0.2) is 0 Å². The van der Waals surface area contributed by atoms with Gasteiger partial charge >= 0.3 is 0 Å². The number of piperazine rings is 1. The minimum Gasteiger partial charge on any atom is -0.313 e. The lowest BCUT2D eigenvalue weighted by Gasteiger charge is -2.37. The summed E-state index contributed by atoms with van der Waals surface area (Å²) in [6, 6.07) is 1.50. The maximum atomic E-state index is 3.78. The fourth-order valence-electron chi connectivity index (χ4n) is 3.55. The highest BCUT2D eigenvalue weighted by Crippen LogP contribution is 2.23. The zero-order chi connectivity index (χ0) is 13.7. The summed E-state index contributed by atoms with van der Waals surface area (Å²) in [7, 11) is 0. The van der Waals surface area contributed by atoms with Gasteiger partial charge in [-0.1, -0.05) is 19.8 Å². The first-order chi connectivity index (χ1) is 9.15. The molecular formula is C16H33N3. The number of hydrogen-bond donors (Lipinski definition) is 1. The molecule has 0 aromatic rings.